The van der Waals surface area contributed by atoms with Crippen LogP contribution in [0.5, 0.6) is 0 Å². The molecule has 0 aliphatic heterocycles. The lowest BCUT2D eigenvalue weighted by Gasteiger charge is -2.12. The molecule has 0 radical (unpaired) electrons. The molecule has 1 fully saturated rings. The van der Waals surface area contributed by atoms with Gasteiger partial charge in [-0.05, 0) is 42.3 Å². The lowest BCUT2D eigenvalue weighted by Crippen LogP contribution is -2.23. The first-order valence-electron chi connectivity index (χ1n) is 9.95. The van der Waals surface area contributed by atoms with Crippen molar-refractivity contribution in [3.05, 3.63) is 82.0 Å². The molecule has 3 heterocycles. The fourth-order valence-corrected chi connectivity index (χ4v) is 4.53. The largest absolute Gasteiger partial charge is 0.417 e. The van der Waals surface area contributed by atoms with Gasteiger partial charge in [-0.3, -0.25) is 4.79 Å². The minimum atomic E-state index is -4.52. The van der Waals surface area contributed by atoms with Crippen LogP contribution >= 0.6 is 23.4 Å². The van der Waals surface area contributed by atoms with Crippen LogP contribution in [0.1, 0.15) is 24.4 Å². The summed E-state index contributed by atoms with van der Waals surface area (Å²) in [4.78, 5) is 21.4. The summed E-state index contributed by atoms with van der Waals surface area (Å²) in [5.41, 5.74) is 0.421. The summed E-state index contributed by atoms with van der Waals surface area (Å²) in [7, 11) is 0. The molecule has 0 atom stereocenters. The highest BCUT2D eigenvalue weighted by molar-refractivity contribution is 7.99. The van der Waals surface area contributed by atoms with Gasteiger partial charge in [-0.15, -0.1) is 0 Å². The molecule has 4 aromatic rings. The van der Waals surface area contributed by atoms with Crippen LogP contribution in [-0.2, 0) is 6.18 Å². The van der Waals surface area contributed by atoms with Crippen LogP contribution < -0.4 is 5.56 Å². The molecule has 0 saturated heterocycles. The number of aromatic nitrogens is 5. The molecule has 5 rings (SSSR count). The van der Waals surface area contributed by atoms with E-state index in [9.17, 15) is 18.0 Å². The average Bonchev–Trinajstić information content (AvgIpc) is 3.56. The third-order valence-electron chi connectivity index (χ3n) is 5.12. The van der Waals surface area contributed by atoms with Crippen LogP contribution in [0.4, 0.5) is 13.2 Å². The summed E-state index contributed by atoms with van der Waals surface area (Å²) in [5.74, 6) is -0.0581. The Balaban J connectivity index is 1.47. The van der Waals surface area contributed by atoms with Gasteiger partial charge in [-0.25, -0.2) is 9.97 Å². The van der Waals surface area contributed by atoms with Gasteiger partial charge in [-0.1, -0.05) is 41.9 Å². The molecule has 0 unspecified atom stereocenters. The van der Waals surface area contributed by atoms with E-state index in [1.807, 2.05) is 30.3 Å². The quantitative estimate of drug-likeness (QED) is 0.362. The second kappa shape index (κ2) is 8.35. The molecule has 1 aliphatic rings. The van der Waals surface area contributed by atoms with Crippen LogP contribution in [-0.4, -0.2) is 24.3 Å². The normalized spacial score (nSPS) is 13.9. The Morgan fingerprint density at radius 1 is 1.00 bits per heavy atom. The van der Waals surface area contributed by atoms with E-state index in [4.69, 9.17) is 11.6 Å². The predicted molar refractivity (Wildman–Crippen MR) is 118 cm³/mol. The standard InChI is InChI=1S/C22H15ClF3N5OS/c23-19-17(12-29-31(20(19)32)18-9-6-14(10-27-18)22(24,25)26)33-21-28-11-16(30(21)15-7-8-15)13-4-2-1-3-5-13/h1-6,9-12,15H,7-8H2. The maximum atomic E-state index is 12.8. The third-order valence-corrected chi connectivity index (χ3v) is 6.62. The van der Waals surface area contributed by atoms with Gasteiger partial charge in [0.25, 0.3) is 5.56 Å². The molecule has 1 aromatic carbocycles. The van der Waals surface area contributed by atoms with E-state index >= 15 is 0 Å². The second-order valence-electron chi connectivity index (χ2n) is 7.44. The number of rotatable bonds is 5. The minimum Gasteiger partial charge on any atom is -0.316 e. The fourth-order valence-electron chi connectivity index (χ4n) is 3.36. The Kier molecular flexibility index (Phi) is 5.49. The van der Waals surface area contributed by atoms with Crippen molar-refractivity contribution in [1.29, 1.82) is 0 Å². The summed E-state index contributed by atoms with van der Waals surface area (Å²) < 4.78 is 41.3. The van der Waals surface area contributed by atoms with Crippen molar-refractivity contribution in [2.45, 2.75) is 35.1 Å². The molecule has 0 amide bonds. The average molecular weight is 490 g/mol. The zero-order chi connectivity index (χ0) is 23.2. The maximum absolute atomic E-state index is 12.8. The van der Waals surface area contributed by atoms with E-state index < -0.39 is 17.3 Å². The molecule has 0 bridgehead atoms. The molecule has 11 heteroatoms. The molecular formula is C22H15ClF3N5OS. The van der Waals surface area contributed by atoms with Gasteiger partial charge < -0.3 is 4.57 Å². The topological polar surface area (TPSA) is 65.6 Å². The molecule has 0 spiro atoms. The maximum Gasteiger partial charge on any atom is 0.417 e. The molecule has 1 aliphatic carbocycles. The van der Waals surface area contributed by atoms with Crippen molar-refractivity contribution in [2.24, 2.45) is 0 Å². The number of hydrogen-bond donors (Lipinski definition) is 0. The molecule has 6 nitrogen and oxygen atoms in total. The summed E-state index contributed by atoms with van der Waals surface area (Å²) in [6, 6.07) is 12.1. The highest BCUT2D eigenvalue weighted by Crippen LogP contribution is 2.43. The van der Waals surface area contributed by atoms with E-state index in [-0.39, 0.29) is 10.8 Å². The predicted octanol–water partition coefficient (Wildman–Crippen LogP) is 5.65. The van der Waals surface area contributed by atoms with Gasteiger partial charge in [0.15, 0.2) is 11.0 Å². The number of pyridine rings is 1. The molecule has 168 valence electrons. The van der Waals surface area contributed by atoms with Crippen molar-refractivity contribution in [3.8, 4) is 17.1 Å². The first-order chi connectivity index (χ1) is 15.8. The second-order valence-corrected chi connectivity index (χ2v) is 8.82. The highest BCUT2D eigenvalue weighted by atomic mass is 35.5. The van der Waals surface area contributed by atoms with Gasteiger partial charge >= 0.3 is 6.18 Å². The Labute approximate surface area is 195 Å². The number of benzene rings is 1. The summed E-state index contributed by atoms with van der Waals surface area (Å²) in [6.45, 7) is 0. The van der Waals surface area contributed by atoms with E-state index in [1.165, 1.54) is 18.0 Å². The lowest BCUT2D eigenvalue weighted by molar-refractivity contribution is -0.137. The molecule has 33 heavy (non-hydrogen) atoms. The number of nitrogens with zero attached hydrogens (tertiary/aromatic N) is 5. The minimum absolute atomic E-state index is 0.0581. The Hall–Kier alpha value is -3.11. The summed E-state index contributed by atoms with van der Waals surface area (Å²) in [5, 5.41) is 4.65. The summed E-state index contributed by atoms with van der Waals surface area (Å²) >= 11 is 7.56. The zero-order valence-electron chi connectivity index (χ0n) is 16.8. The van der Waals surface area contributed by atoms with Crippen LogP contribution in [0.2, 0.25) is 5.02 Å². The number of alkyl halides is 3. The van der Waals surface area contributed by atoms with E-state index in [1.54, 1.807) is 6.20 Å². The molecule has 0 N–H and O–H groups in total. The van der Waals surface area contributed by atoms with Crippen LogP contribution in [0.25, 0.3) is 17.1 Å². The van der Waals surface area contributed by atoms with E-state index in [2.05, 4.69) is 19.6 Å². The van der Waals surface area contributed by atoms with Gasteiger partial charge in [0, 0.05) is 12.2 Å². The summed E-state index contributed by atoms with van der Waals surface area (Å²) in [6.07, 6.45) is 1.39. The van der Waals surface area contributed by atoms with Crippen molar-refractivity contribution in [2.75, 3.05) is 0 Å². The van der Waals surface area contributed by atoms with Crippen LogP contribution in [0, 0.1) is 0 Å². The third kappa shape index (κ3) is 4.28. The molecular weight excluding hydrogens is 475 g/mol. The van der Waals surface area contributed by atoms with Crippen molar-refractivity contribution in [3.63, 3.8) is 0 Å². The van der Waals surface area contributed by atoms with Gasteiger partial charge in [0.05, 0.1) is 28.5 Å². The van der Waals surface area contributed by atoms with Crippen LogP contribution in [0.15, 0.2) is 75.9 Å². The lowest BCUT2D eigenvalue weighted by atomic mass is 10.2. The van der Waals surface area contributed by atoms with Gasteiger partial charge in [-0.2, -0.15) is 23.0 Å². The fraction of sp³-hybridized carbons (Fsp3) is 0.182. The van der Waals surface area contributed by atoms with E-state index in [0.717, 1.165) is 40.9 Å². The Morgan fingerprint density at radius 2 is 1.76 bits per heavy atom. The van der Waals surface area contributed by atoms with Crippen molar-refractivity contribution < 1.29 is 13.2 Å². The molecule has 3 aromatic heterocycles. The molecule has 1 saturated carbocycles. The van der Waals surface area contributed by atoms with E-state index in [0.29, 0.717) is 22.3 Å². The van der Waals surface area contributed by atoms with Crippen molar-refractivity contribution >= 4 is 23.4 Å². The van der Waals surface area contributed by atoms with Gasteiger partial charge in [0.1, 0.15) is 5.02 Å². The van der Waals surface area contributed by atoms with Crippen LogP contribution in [0.3, 0.4) is 0 Å². The monoisotopic (exact) mass is 489 g/mol. The van der Waals surface area contributed by atoms with Gasteiger partial charge in [0.2, 0.25) is 0 Å². The smallest absolute Gasteiger partial charge is 0.316 e. The highest BCUT2D eigenvalue weighted by Gasteiger charge is 2.31. The number of halogens is 4. The Bertz CT molecular complexity index is 1370. The zero-order valence-corrected chi connectivity index (χ0v) is 18.4. The first kappa shape index (κ1) is 21.7. The number of imidazole rings is 1. The van der Waals surface area contributed by atoms with Crippen molar-refractivity contribution in [1.82, 2.24) is 24.3 Å². The first-order valence-corrected chi connectivity index (χ1v) is 11.1. The Morgan fingerprint density at radius 3 is 2.39 bits per heavy atom. The number of hydrogen-bond acceptors (Lipinski definition) is 5. The SMILES string of the molecule is O=c1c(Cl)c(Sc2ncc(-c3ccccc3)n2C2CC2)cnn1-c1ccc(C(F)(F)F)cn1.